The van der Waals surface area contributed by atoms with E-state index in [9.17, 15) is 4.79 Å². The molecule has 1 aliphatic heterocycles. The molecule has 0 spiro atoms. The quantitative estimate of drug-likeness (QED) is 0.820. The van der Waals surface area contributed by atoms with Crippen molar-refractivity contribution in [3.63, 3.8) is 0 Å². The molecular formula is C13H22N4O2. The standard InChI is InChI=1S/C13H22N4O2/c14-12-9-17(15-13(12)18)11-3-1-10(2-4-11)16-5-7-19-8-6-16/h9-11H,1-8,14H2,(H,15,18). The van der Waals surface area contributed by atoms with Gasteiger partial charge in [0, 0.05) is 19.1 Å². The number of morpholine rings is 1. The maximum absolute atomic E-state index is 11.4. The predicted molar refractivity (Wildman–Crippen MR) is 73.2 cm³/mol. The molecular weight excluding hydrogens is 244 g/mol. The van der Waals surface area contributed by atoms with Crippen LogP contribution in [-0.4, -0.2) is 47.0 Å². The molecule has 6 heteroatoms. The van der Waals surface area contributed by atoms with E-state index in [2.05, 4.69) is 10.00 Å². The summed E-state index contributed by atoms with van der Waals surface area (Å²) in [6, 6.07) is 1.07. The largest absolute Gasteiger partial charge is 0.393 e. The van der Waals surface area contributed by atoms with Crippen molar-refractivity contribution in [3.05, 3.63) is 16.6 Å². The van der Waals surface area contributed by atoms with E-state index in [1.807, 2.05) is 4.68 Å². The molecule has 19 heavy (non-hydrogen) atoms. The van der Waals surface area contributed by atoms with Crippen LogP contribution >= 0.6 is 0 Å². The molecule has 106 valence electrons. The Morgan fingerprint density at radius 3 is 2.37 bits per heavy atom. The summed E-state index contributed by atoms with van der Waals surface area (Å²) in [4.78, 5) is 13.9. The first-order valence-corrected chi connectivity index (χ1v) is 7.12. The molecule has 2 fully saturated rings. The topological polar surface area (TPSA) is 76.3 Å². The zero-order chi connectivity index (χ0) is 13.2. The van der Waals surface area contributed by atoms with Crippen molar-refractivity contribution in [3.8, 4) is 0 Å². The Hall–Kier alpha value is -1.27. The Morgan fingerprint density at radius 2 is 1.79 bits per heavy atom. The van der Waals surface area contributed by atoms with E-state index < -0.39 is 0 Å². The number of nitrogens with one attached hydrogen (secondary N) is 1. The minimum absolute atomic E-state index is 0.171. The molecule has 1 saturated carbocycles. The van der Waals surface area contributed by atoms with Gasteiger partial charge in [-0.1, -0.05) is 0 Å². The molecule has 1 saturated heterocycles. The summed E-state index contributed by atoms with van der Waals surface area (Å²) in [6.45, 7) is 3.84. The van der Waals surface area contributed by atoms with Crippen LogP contribution in [0.1, 0.15) is 31.7 Å². The van der Waals surface area contributed by atoms with Crippen molar-refractivity contribution in [1.82, 2.24) is 14.7 Å². The summed E-state index contributed by atoms with van der Waals surface area (Å²) in [5.41, 5.74) is 5.75. The highest BCUT2D eigenvalue weighted by molar-refractivity contribution is 5.30. The number of hydrogen-bond donors (Lipinski definition) is 2. The second kappa shape index (κ2) is 5.38. The van der Waals surface area contributed by atoms with E-state index in [1.54, 1.807) is 6.20 Å². The summed E-state index contributed by atoms with van der Waals surface area (Å²) in [5, 5.41) is 2.81. The summed E-state index contributed by atoms with van der Waals surface area (Å²) < 4.78 is 7.29. The molecule has 0 amide bonds. The Morgan fingerprint density at radius 1 is 1.16 bits per heavy atom. The Labute approximate surface area is 112 Å². The van der Waals surface area contributed by atoms with Gasteiger partial charge >= 0.3 is 0 Å². The second-order valence-electron chi connectivity index (χ2n) is 5.54. The second-order valence-corrected chi connectivity index (χ2v) is 5.54. The molecule has 3 rings (SSSR count). The van der Waals surface area contributed by atoms with Gasteiger partial charge in [-0.2, -0.15) is 0 Å². The van der Waals surface area contributed by atoms with Crippen molar-refractivity contribution < 1.29 is 4.74 Å². The molecule has 0 atom stereocenters. The first kappa shape index (κ1) is 12.7. The number of nitrogens with zero attached hydrogens (tertiary/aromatic N) is 2. The molecule has 6 nitrogen and oxygen atoms in total. The maximum atomic E-state index is 11.4. The third-order valence-corrected chi connectivity index (χ3v) is 4.39. The SMILES string of the molecule is Nc1cn(C2CCC(N3CCOCC3)CC2)[nH]c1=O. The van der Waals surface area contributed by atoms with Gasteiger partial charge in [-0.05, 0) is 25.7 Å². The summed E-state index contributed by atoms with van der Waals surface area (Å²) in [7, 11) is 0. The van der Waals surface area contributed by atoms with E-state index in [-0.39, 0.29) is 5.56 Å². The minimum Gasteiger partial charge on any atom is -0.393 e. The highest BCUT2D eigenvalue weighted by atomic mass is 16.5. The van der Waals surface area contributed by atoms with Crippen LogP contribution in [0, 0.1) is 0 Å². The molecule has 2 heterocycles. The number of aromatic amines is 1. The molecule has 3 N–H and O–H groups in total. The van der Waals surface area contributed by atoms with E-state index in [1.165, 1.54) is 12.8 Å². The van der Waals surface area contributed by atoms with E-state index in [0.717, 1.165) is 39.1 Å². The average molecular weight is 266 g/mol. The monoisotopic (exact) mass is 266 g/mol. The van der Waals surface area contributed by atoms with E-state index in [4.69, 9.17) is 10.5 Å². The first-order valence-electron chi connectivity index (χ1n) is 7.12. The molecule has 2 aliphatic rings. The van der Waals surface area contributed by atoms with Crippen molar-refractivity contribution in [2.24, 2.45) is 0 Å². The van der Waals surface area contributed by atoms with E-state index in [0.29, 0.717) is 17.8 Å². The van der Waals surface area contributed by atoms with Gasteiger partial charge < -0.3 is 10.5 Å². The highest BCUT2D eigenvalue weighted by Gasteiger charge is 2.27. The molecule has 0 aromatic carbocycles. The lowest BCUT2D eigenvalue weighted by Crippen LogP contribution is -2.45. The van der Waals surface area contributed by atoms with Crippen molar-refractivity contribution in [1.29, 1.82) is 0 Å². The lowest BCUT2D eigenvalue weighted by molar-refractivity contribution is 0.00505. The van der Waals surface area contributed by atoms with E-state index >= 15 is 0 Å². The maximum Gasteiger partial charge on any atom is 0.287 e. The average Bonchev–Trinajstić information content (AvgIpc) is 2.80. The number of anilines is 1. The van der Waals surface area contributed by atoms with Gasteiger partial charge in [0.2, 0.25) is 0 Å². The first-order chi connectivity index (χ1) is 9.24. The number of rotatable bonds is 2. The molecule has 1 aliphatic carbocycles. The minimum atomic E-state index is -0.171. The number of ether oxygens (including phenoxy) is 1. The zero-order valence-electron chi connectivity index (χ0n) is 11.2. The fraction of sp³-hybridized carbons (Fsp3) is 0.769. The Kier molecular flexibility index (Phi) is 3.61. The highest BCUT2D eigenvalue weighted by Crippen LogP contribution is 2.30. The van der Waals surface area contributed by atoms with Crippen molar-refractivity contribution >= 4 is 5.69 Å². The van der Waals surface area contributed by atoms with Crippen LogP contribution < -0.4 is 11.3 Å². The van der Waals surface area contributed by atoms with Gasteiger partial charge in [0.25, 0.3) is 5.56 Å². The summed E-state index contributed by atoms with van der Waals surface area (Å²) in [6.07, 6.45) is 6.32. The van der Waals surface area contributed by atoms with Crippen LogP contribution in [0.3, 0.4) is 0 Å². The third kappa shape index (κ3) is 2.69. The van der Waals surface area contributed by atoms with Crippen molar-refractivity contribution in [2.75, 3.05) is 32.0 Å². The van der Waals surface area contributed by atoms with Gasteiger partial charge in [-0.15, -0.1) is 0 Å². The smallest absolute Gasteiger partial charge is 0.287 e. The Balaban J connectivity index is 1.58. The van der Waals surface area contributed by atoms with Crippen LogP contribution in [0.2, 0.25) is 0 Å². The number of H-pyrrole nitrogens is 1. The third-order valence-electron chi connectivity index (χ3n) is 4.39. The predicted octanol–water partition coefficient (Wildman–Crippen LogP) is 0.574. The van der Waals surface area contributed by atoms with Gasteiger partial charge in [0.05, 0.1) is 25.5 Å². The van der Waals surface area contributed by atoms with Crippen LogP contribution in [0.15, 0.2) is 11.0 Å². The normalized spacial score (nSPS) is 29.5. The molecule has 1 aromatic rings. The zero-order valence-corrected chi connectivity index (χ0v) is 11.2. The van der Waals surface area contributed by atoms with Crippen LogP contribution in [0.5, 0.6) is 0 Å². The molecule has 0 bridgehead atoms. The fourth-order valence-electron chi connectivity index (χ4n) is 3.26. The van der Waals surface area contributed by atoms with Crippen LogP contribution in [0.25, 0.3) is 0 Å². The summed E-state index contributed by atoms with van der Waals surface area (Å²) in [5.74, 6) is 0. The fourth-order valence-corrected chi connectivity index (χ4v) is 3.26. The summed E-state index contributed by atoms with van der Waals surface area (Å²) >= 11 is 0. The number of nitrogen functional groups attached to an aromatic ring is 1. The van der Waals surface area contributed by atoms with Gasteiger partial charge in [-0.25, -0.2) is 0 Å². The molecule has 0 unspecified atom stereocenters. The van der Waals surface area contributed by atoms with Gasteiger partial charge in [0.1, 0.15) is 5.69 Å². The lowest BCUT2D eigenvalue weighted by atomic mass is 9.90. The number of hydrogen-bond acceptors (Lipinski definition) is 4. The Bertz CT molecular complexity index is 467. The molecule has 0 radical (unpaired) electrons. The van der Waals surface area contributed by atoms with Crippen LogP contribution in [0.4, 0.5) is 5.69 Å². The van der Waals surface area contributed by atoms with Crippen LogP contribution in [-0.2, 0) is 4.74 Å². The van der Waals surface area contributed by atoms with Gasteiger partial charge in [0.15, 0.2) is 0 Å². The number of nitrogens with two attached hydrogens (primary N) is 1. The number of aromatic nitrogens is 2. The lowest BCUT2D eigenvalue weighted by Gasteiger charge is -2.38. The van der Waals surface area contributed by atoms with Gasteiger partial charge in [-0.3, -0.25) is 19.5 Å². The molecule has 1 aromatic heterocycles. The van der Waals surface area contributed by atoms with Crippen molar-refractivity contribution in [2.45, 2.75) is 37.8 Å².